The van der Waals surface area contributed by atoms with Crippen LogP contribution in [0.3, 0.4) is 0 Å². The molecule has 0 atom stereocenters. The predicted octanol–water partition coefficient (Wildman–Crippen LogP) is 0.932. The van der Waals surface area contributed by atoms with Gasteiger partial charge in [0.15, 0.2) is 0 Å². The molecule has 0 aliphatic carbocycles. The average molecular weight is 342 g/mol. The minimum atomic E-state index is -0.814. The van der Waals surface area contributed by atoms with Crippen LogP contribution in [0.1, 0.15) is 28.1 Å². The van der Waals surface area contributed by atoms with Gasteiger partial charge in [0.25, 0.3) is 0 Å². The summed E-state index contributed by atoms with van der Waals surface area (Å²) in [5.74, 6) is -0.375. The summed E-state index contributed by atoms with van der Waals surface area (Å²) < 4.78 is 0.179. The van der Waals surface area contributed by atoms with E-state index in [1.807, 2.05) is 19.2 Å². The SMILES string of the molecule is CCC(Br)(CC)C(=O)NC(N)=O.C[N+](C)(C)CCO.[H+]. The number of primary amides is 1. The second-order valence-electron chi connectivity index (χ2n) is 5.23. The molecule has 0 aromatic carbocycles. The van der Waals surface area contributed by atoms with Crippen molar-refractivity contribution in [2.45, 2.75) is 31.0 Å². The molecule has 3 amide bonds. The third kappa shape index (κ3) is 10.9. The van der Waals surface area contributed by atoms with Crippen molar-refractivity contribution in [3.63, 3.8) is 0 Å². The molecule has 4 N–H and O–H groups in total. The van der Waals surface area contributed by atoms with Gasteiger partial charge >= 0.3 is 7.46 Å². The monoisotopic (exact) mass is 341 g/mol. The maximum absolute atomic E-state index is 11.3. The van der Waals surface area contributed by atoms with Gasteiger partial charge in [-0.25, -0.2) is 4.79 Å². The molecule has 0 aliphatic rings. The summed E-state index contributed by atoms with van der Waals surface area (Å²) in [6, 6.07) is -0.814. The summed E-state index contributed by atoms with van der Waals surface area (Å²) in [6.07, 6.45) is 1.23. The fraction of sp³-hybridized carbons (Fsp3) is 0.833. The number of alkyl halides is 1. The Labute approximate surface area is 125 Å². The number of carbonyl (C=O) groups excluding carboxylic acids is 2. The molecular weight excluding hydrogens is 314 g/mol. The number of likely N-dealkylation sites (N-methyl/N-ethyl adjacent to an activating group) is 1. The Morgan fingerprint density at radius 3 is 1.89 bits per heavy atom. The summed E-state index contributed by atoms with van der Waals surface area (Å²) in [5, 5.41) is 10.4. The van der Waals surface area contributed by atoms with Gasteiger partial charge in [-0.1, -0.05) is 29.8 Å². The van der Waals surface area contributed by atoms with Gasteiger partial charge in [-0.05, 0) is 12.8 Å². The van der Waals surface area contributed by atoms with Crippen LogP contribution in [0.15, 0.2) is 0 Å². The molecule has 0 saturated carbocycles. The number of hydrogen-bond acceptors (Lipinski definition) is 3. The average Bonchev–Trinajstić information content (AvgIpc) is 2.26. The minimum Gasteiger partial charge on any atom is -0.391 e. The molecule has 0 spiro atoms. The molecule has 7 heteroatoms. The number of carbonyl (C=O) groups is 2. The highest BCUT2D eigenvalue weighted by Gasteiger charge is 2.32. The number of aliphatic hydroxyl groups is 1. The lowest BCUT2D eigenvalue weighted by molar-refractivity contribution is -0.870. The molecule has 0 aliphatic heterocycles. The number of halogens is 1. The minimum absolute atomic E-state index is 0. The van der Waals surface area contributed by atoms with E-state index in [0.717, 1.165) is 11.0 Å². The van der Waals surface area contributed by atoms with E-state index >= 15 is 0 Å². The molecule has 6 nitrogen and oxygen atoms in total. The number of urea groups is 1. The molecule has 0 unspecified atom stereocenters. The molecule has 0 fully saturated rings. The van der Waals surface area contributed by atoms with E-state index in [1.54, 1.807) is 0 Å². The van der Waals surface area contributed by atoms with E-state index < -0.39 is 10.4 Å². The maximum Gasteiger partial charge on any atom is 1.00 e. The van der Waals surface area contributed by atoms with E-state index in [1.165, 1.54) is 0 Å². The van der Waals surface area contributed by atoms with Crippen LogP contribution in [-0.4, -0.2) is 60.1 Å². The summed E-state index contributed by atoms with van der Waals surface area (Å²) in [7, 11) is 6.16. The number of hydrogen-bond donors (Lipinski definition) is 3. The van der Waals surface area contributed by atoms with Gasteiger partial charge in [-0.3, -0.25) is 10.1 Å². The Balaban J connectivity index is -0.000000312. The topological polar surface area (TPSA) is 92.4 Å². The zero-order chi connectivity index (χ0) is 15.7. The Bertz CT molecular complexity index is 292. The molecule has 114 valence electrons. The fourth-order valence-electron chi connectivity index (χ4n) is 1.10. The quantitative estimate of drug-likeness (QED) is 0.513. The van der Waals surface area contributed by atoms with Crippen molar-refractivity contribution in [3.05, 3.63) is 0 Å². The van der Waals surface area contributed by atoms with E-state index in [4.69, 9.17) is 10.8 Å². The Morgan fingerprint density at radius 1 is 1.32 bits per heavy atom. The maximum atomic E-state index is 11.3. The molecule has 0 radical (unpaired) electrons. The number of aliphatic hydroxyl groups excluding tert-OH is 1. The van der Waals surface area contributed by atoms with Crippen molar-refractivity contribution in [1.29, 1.82) is 0 Å². The van der Waals surface area contributed by atoms with Crippen LogP contribution >= 0.6 is 15.9 Å². The van der Waals surface area contributed by atoms with E-state index in [0.29, 0.717) is 12.8 Å². The number of rotatable bonds is 5. The van der Waals surface area contributed by atoms with Crippen LogP contribution in [-0.2, 0) is 4.79 Å². The van der Waals surface area contributed by atoms with Gasteiger partial charge in [-0.2, -0.15) is 0 Å². The van der Waals surface area contributed by atoms with Crippen LogP contribution in [0.4, 0.5) is 4.79 Å². The Morgan fingerprint density at radius 2 is 1.74 bits per heavy atom. The van der Waals surface area contributed by atoms with Gasteiger partial charge in [0, 0.05) is 0 Å². The number of imide groups is 1. The van der Waals surface area contributed by atoms with Gasteiger partial charge in [0.05, 0.1) is 27.7 Å². The first-order valence-electron chi connectivity index (χ1n) is 6.23. The molecule has 0 bridgehead atoms. The van der Waals surface area contributed by atoms with Crippen LogP contribution in [0.2, 0.25) is 0 Å². The highest BCUT2D eigenvalue weighted by atomic mass is 79.9. The smallest absolute Gasteiger partial charge is 0.391 e. The lowest BCUT2D eigenvalue weighted by Gasteiger charge is -2.21. The third-order valence-electron chi connectivity index (χ3n) is 2.54. The number of amides is 3. The highest BCUT2D eigenvalue weighted by molar-refractivity contribution is 9.10. The van der Waals surface area contributed by atoms with E-state index in [9.17, 15) is 9.59 Å². The second-order valence-corrected chi connectivity index (χ2v) is 6.75. The molecule has 19 heavy (non-hydrogen) atoms. The standard InChI is InChI=1S/C7H13BrN2O2.C5H14NO/c1-3-7(8,4-2)5(11)10-6(9)12;1-6(2,3)4-5-7/h3-4H2,1-2H3,(H3,9,10,11,12);7H,4-5H2,1-3H3/q;+1/p+1. The van der Waals surface area contributed by atoms with Gasteiger partial charge in [-0.15, -0.1) is 0 Å². The summed E-state index contributed by atoms with van der Waals surface area (Å²) in [6.45, 7) is 4.83. The van der Waals surface area contributed by atoms with Gasteiger partial charge < -0.3 is 15.3 Å². The van der Waals surface area contributed by atoms with Gasteiger partial charge in [0.2, 0.25) is 5.91 Å². The summed E-state index contributed by atoms with van der Waals surface area (Å²) in [4.78, 5) is 21.6. The summed E-state index contributed by atoms with van der Waals surface area (Å²) >= 11 is 3.26. The molecule has 0 aromatic heterocycles. The first kappa shape index (κ1) is 20.7. The number of nitrogens with two attached hydrogens (primary N) is 1. The number of nitrogens with zero attached hydrogens (tertiary/aromatic N) is 1. The number of quaternary nitrogens is 1. The van der Waals surface area contributed by atoms with Gasteiger partial charge in [0.1, 0.15) is 10.9 Å². The van der Waals surface area contributed by atoms with Crippen molar-refractivity contribution in [1.82, 2.24) is 5.32 Å². The normalized spacial score (nSPS) is 11.3. The molecule has 0 heterocycles. The van der Waals surface area contributed by atoms with Crippen molar-refractivity contribution in [3.8, 4) is 0 Å². The molecule has 0 aromatic rings. The predicted molar refractivity (Wildman–Crippen MR) is 81.1 cm³/mol. The third-order valence-corrected chi connectivity index (χ3v) is 4.02. The molecular formula is C12H28BrN3O3+2. The largest absolute Gasteiger partial charge is 1.00 e. The highest BCUT2D eigenvalue weighted by Crippen LogP contribution is 2.26. The summed E-state index contributed by atoms with van der Waals surface area (Å²) in [5.41, 5.74) is 4.81. The van der Waals surface area contributed by atoms with Crippen LogP contribution < -0.4 is 11.1 Å². The van der Waals surface area contributed by atoms with E-state index in [2.05, 4.69) is 37.1 Å². The van der Waals surface area contributed by atoms with E-state index in [-0.39, 0.29) is 13.9 Å². The van der Waals surface area contributed by atoms with Crippen LogP contribution in [0.5, 0.6) is 0 Å². The first-order valence-corrected chi connectivity index (χ1v) is 7.02. The first-order chi connectivity index (χ1) is 8.52. The molecule has 0 saturated heterocycles. The second kappa shape index (κ2) is 9.28. The zero-order valence-corrected chi connectivity index (χ0v) is 14.1. The Hall–Kier alpha value is -0.660. The van der Waals surface area contributed by atoms with Crippen molar-refractivity contribution < 1.29 is 20.6 Å². The Kier molecular flexibility index (Phi) is 10.1. The van der Waals surface area contributed by atoms with Crippen molar-refractivity contribution in [2.24, 2.45) is 5.73 Å². The number of nitrogens with one attached hydrogen (secondary N) is 1. The van der Waals surface area contributed by atoms with Crippen molar-refractivity contribution in [2.75, 3.05) is 34.3 Å². The van der Waals surface area contributed by atoms with Crippen LogP contribution in [0.25, 0.3) is 0 Å². The lowest BCUT2D eigenvalue weighted by Crippen LogP contribution is -2.46. The van der Waals surface area contributed by atoms with Crippen LogP contribution in [0, 0.1) is 0 Å². The van der Waals surface area contributed by atoms with Crippen molar-refractivity contribution >= 4 is 27.9 Å². The lowest BCUT2D eigenvalue weighted by atomic mass is 10.0. The molecule has 0 rings (SSSR count). The fourth-order valence-corrected chi connectivity index (χ4v) is 1.19. The zero-order valence-electron chi connectivity index (χ0n) is 13.5.